The van der Waals surface area contributed by atoms with Gasteiger partial charge >= 0.3 is 0 Å². The van der Waals surface area contributed by atoms with Gasteiger partial charge in [-0.1, -0.05) is 55.6 Å². The number of benzene rings is 2. The third-order valence-corrected chi connectivity index (χ3v) is 8.58. The van der Waals surface area contributed by atoms with Crippen LogP contribution in [0, 0.1) is 23.7 Å². The summed E-state index contributed by atoms with van der Waals surface area (Å²) in [5, 5.41) is 72.1. The number of aliphatic hydroxyl groups excluding tert-OH is 6. The van der Waals surface area contributed by atoms with Gasteiger partial charge in [0.2, 0.25) is 0 Å². The van der Waals surface area contributed by atoms with E-state index in [0.717, 1.165) is 30.4 Å². The van der Waals surface area contributed by atoms with Gasteiger partial charge in [0.1, 0.15) is 30.0 Å². The van der Waals surface area contributed by atoms with Crippen molar-refractivity contribution in [3.05, 3.63) is 58.7 Å². The third kappa shape index (κ3) is 6.52. The summed E-state index contributed by atoms with van der Waals surface area (Å²) in [4.78, 5) is 0. The van der Waals surface area contributed by atoms with Crippen LogP contribution in [0.3, 0.4) is 0 Å². The average molecular weight is 593 g/mol. The van der Waals surface area contributed by atoms with Gasteiger partial charge in [-0.05, 0) is 59.4 Å². The molecule has 8 atom stereocenters. The minimum atomic E-state index is -1.30. The Labute approximate surface area is 251 Å². The van der Waals surface area contributed by atoms with Crippen molar-refractivity contribution < 1.29 is 45.2 Å². The van der Waals surface area contributed by atoms with Gasteiger partial charge in [-0.2, -0.15) is 0 Å². The number of unbranched alkanes of at least 4 members (excludes halogenated alkanes) is 2. The SMILES string of the molecule is CCCCCC1(O)c2cc(C#CC3OC(CO)CC(O)C3O)ccc2-c2ccc(C#CC3OC(CO)CC(O)C3O)cc21. The van der Waals surface area contributed by atoms with E-state index in [1.165, 1.54) is 0 Å². The van der Waals surface area contributed by atoms with Crippen LogP contribution in [0.4, 0.5) is 0 Å². The van der Waals surface area contributed by atoms with E-state index in [4.69, 9.17) is 9.47 Å². The molecule has 0 bridgehead atoms. The molecule has 0 saturated carbocycles. The molecule has 8 unspecified atom stereocenters. The molecule has 0 amide bonds. The average Bonchev–Trinajstić information content (AvgIpc) is 3.25. The lowest BCUT2D eigenvalue weighted by molar-refractivity contribution is -0.157. The fourth-order valence-corrected chi connectivity index (χ4v) is 6.13. The van der Waals surface area contributed by atoms with Gasteiger partial charge in [0, 0.05) is 24.0 Å². The summed E-state index contributed by atoms with van der Waals surface area (Å²) in [6, 6.07) is 11.2. The van der Waals surface area contributed by atoms with Crippen molar-refractivity contribution in [3.8, 4) is 34.8 Å². The fourth-order valence-electron chi connectivity index (χ4n) is 6.13. The van der Waals surface area contributed by atoms with Crippen molar-refractivity contribution in [3.63, 3.8) is 0 Å². The molecule has 7 N–H and O–H groups in total. The topological polar surface area (TPSA) is 160 Å². The molecule has 2 aromatic rings. The largest absolute Gasteiger partial charge is 0.394 e. The Morgan fingerprint density at radius 1 is 0.744 bits per heavy atom. The highest BCUT2D eigenvalue weighted by molar-refractivity contribution is 5.81. The quantitative estimate of drug-likeness (QED) is 0.191. The zero-order valence-corrected chi connectivity index (χ0v) is 24.2. The van der Waals surface area contributed by atoms with Crippen molar-refractivity contribution >= 4 is 0 Å². The van der Waals surface area contributed by atoms with Gasteiger partial charge < -0.3 is 45.2 Å². The molecule has 9 nitrogen and oxygen atoms in total. The Hall–Kier alpha value is -2.80. The van der Waals surface area contributed by atoms with Crippen LogP contribution in [0.2, 0.25) is 0 Å². The maximum absolute atomic E-state index is 12.2. The highest BCUT2D eigenvalue weighted by Crippen LogP contribution is 2.50. The first-order valence-corrected chi connectivity index (χ1v) is 15.0. The maximum atomic E-state index is 12.2. The highest BCUT2D eigenvalue weighted by atomic mass is 16.5. The minimum Gasteiger partial charge on any atom is -0.394 e. The lowest BCUT2D eigenvalue weighted by atomic mass is 9.85. The Bertz CT molecular complexity index is 1320. The van der Waals surface area contributed by atoms with Gasteiger partial charge in [-0.15, -0.1) is 0 Å². The summed E-state index contributed by atoms with van der Waals surface area (Å²) in [5.41, 5.74) is 3.11. The predicted octanol–water partition coefficient (Wildman–Crippen LogP) is 0.929. The van der Waals surface area contributed by atoms with Crippen molar-refractivity contribution in [1.82, 2.24) is 0 Å². The molecule has 230 valence electrons. The number of rotatable bonds is 6. The van der Waals surface area contributed by atoms with Crippen LogP contribution >= 0.6 is 0 Å². The van der Waals surface area contributed by atoms with E-state index in [9.17, 15) is 35.7 Å². The minimum absolute atomic E-state index is 0.128. The zero-order valence-electron chi connectivity index (χ0n) is 24.2. The number of ether oxygens (including phenoxy) is 2. The summed E-state index contributed by atoms with van der Waals surface area (Å²) in [5.74, 6) is 11.8. The molecule has 0 spiro atoms. The normalized spacial score (nSPS) is 33.0. The van der Waals surface area contributed by atoms with Crippen molar-refractivity contribution in [2.45, 2.75) is 99.9 Å². The molecule has 9 heteroatoms. The molecule has 3 aliphatic rings. The molecule has 43 heavy (non-hydrogen) atoms. The lowest BCUT2D eigenvalue weighted by Gasteiger charge is -2.33. The van der Waals surface area contributed by atoms with E-state index < -0.39 is 54.4 Å². The Morgan fingerprint density at radius 3 is 1.63 bits per heavy atom. The van der Waals surface area contributed by atoms with Crippen LogP contribution in [-0.2, 0) is 15.1 Å². The van der Waals surface area contributed by atoms with Gasteiger partial charge in [0.25, 0.3) is 0 Å². The summed E-state index contributed by atoms with van der Waals surface area (Å²) < 4.78 is 11.3. The van der Waals surface area contributed by atoms with E-state index in [1.807, 2.05) is 36.4 Å². The van der Waals surface area contributed by atoms with Crippen molar-refractivity contribution in [1.29, 1.82) is 0 Å². The van der Waals surface area contributed by atoms with Gasteiger partial charge in [0.15, 0.2) is 0 Å². The summed E-state index contributed by atoms with van der Waals surface area (Å²) >= 11 is 0. The summed E-state index contributed by atoms with van der Waals surface area (Å²) in [7, 11) is 0. The monoisotopic (exact) mass is 592 g/mol. The Kier molecular flexibility index (Phi) is 9.89. The second-order valence-corrected chi connectivity index (χ2v) is 11.7. The molecule has 0 radical (unpaired) electrons. The van der Waals surface area contributed by atoms with Gasteiger partial charge in [0.05, 0.1) is 37.6 Å². The summed E-state index contributed by atoms with van der Waals surface area (Å²) in [6.45, 7) is 1.54. The second kappa shape index (κ2) is 13.5. The van der Waals surface area contributed by atoms with Crippen LogP contribution < -0.4 is 0 Å². The predicted molar refractivity (Wildman–Crippen MR) is 158 cm³/mol. The molecule has 2 aliphatic heterocycles. The first-order valence-electron chi connectivity index (χ1n) is 15.0. The first kappa shape index (κ1) is 31.6. The van der Waals surface area contributed by atoms with E-state index in [1.54, 1.807) is 0 Å². The number of aliphatic hydroxyl groups is 7. The lowest BCUT2D eigenvalue weighted by Crippen LogP contribution is -2.48. The number of hydrogen-bond donors (Lipinski definition) is 7. The number of fused-ring (bicyclic) bond motifs is 3. The van der Waals surface area contributed by atoms with Crippen LogP contribution in [-0.4, -0.2) is 97.8 Å². The molecular formula is C34H40O9. The van der Waals surface area contributed by atoms with Crippen molar-refractivity contribution in [2.75, 3.05) is 13.2 Å². The van der Waals surface area contributed by atoms with Crippen LogP contribution in [0.15, 0.2) is 36.4 Å². The molecule has 1 aliphatic carbocycles. The maximum Gasteiger partial charge on any atom is 0.147 e. The van der Waals surface area contributed by atoms with E-state index in [2.05, 4.69) is 30.6 Å². The van der Waals surface area contributed by atoms with Gasteiger partial charge in [-0.25, -0.2) is 0 Å². The molecule has 2 fully saturated rings. The van der Waals surface area contributed by atoms with E-state index in [-0.39, 0.29) is 26.1 Å². The smallest absolute Gasteiger partial charge is 0.147 e. The molecule has 2 aromatic carbocycles. The number of hydrogen-bond acceptors (Lipinski definition) is 9. The fraction of sp³-hybridized carbons (Fsp3) is 0.529. The molecule has 0 aromatic heterocycles. The molecule has 2 saturated heterocycles. The van der Waals surface area contributed by atoms with Crippen molar-refractivity contribution in [2.24, 2.45) is 0 Å². The standard InChI is InChI=1S/C34H40O9/c1-2-3-4-13-34(41)26-14-20(7-11-30-32(39)28(37)16-22(18-35)42-30)5-9-24(26)25-10-6-21(15-27(25)34)8-12-31-33(40)29(38)17-23(19-36)43-31/h5-6,9-10,14-15,22-23,28-33,35-41H,2-4,13,16-19H2,1H3. The van der Waals surface area contributed by atoms with Crippen LogP contribution in [0.5, 0.6) is 0 Å². The summed E-state index contributed by atoms with van der Waals surface area (Å²) in [6.07, 6.45) is -4.16. The van der Waals surface area contributed by atoms with Crippen LogP contribution in [0.25, 0.3) is 11.1 Å². The second-order valence-electron chi connectivity index (χ2n) is 11.7. The van der Waals surface area contributed by atoms with E-state index in [0.29, 0.717) is 28.7 Å². The first-order chi connectivity index (χ1) is 20.7. The zero-order chi connectivity index (χ0) is 30.7. The highest BCUT2D eigenvalue weighted by Gasteiger charge is 2.42. The molecular weight excluding hydrogens is 552 g/mol. The molecule has 2 heterocycles. The molecule has 5 rings (SSSR count). The Balaban J connectivity index is 1.46. The van der Waals surface area contributed by atoms with Crippen LogP contribution in [0.1, 0.15) is 67.7 Å². The third-order valence-electron chi connectivity index (χ3n) is 8.58. The van der Waals surface area contributed by atoms with Gasteiger partial charge in [-0.3, -0.25) is 0 Å². The van der Waals surface area contributed by atoms with E-state index >= 15 is 0 Å². The Morgan fingerprint density at radius 2 is 1.21 bits per heavy atom.